The minimum Gasteiger partial charge on any atom is -0.480 e. The van der Waals surface area contributed by atoms with Crippen molar-refractivity contribution in [2.75, 3.05) is 0 Å². The van der Waals surface area contributed by atoms with Crippen LogP contribution < -0.4 is 5.73 Å². The van der Waals surface area contributed by atoms with Crippen molar-refractivity contribution in [3.05, 3.63) is 0 Å². The lowest BCUT2D eigenvalue weighted by Crippen LogP contribution is -2.52. The second-order valence-corrected chi connectivity index (χ2v) is 6.14. The van der Waals surface area contributed by atoms with E-state index >= 15 is 0 Å². The third-order valence-electron chi connectivity index (χ3n) is 4.97. The number of hydrogen-bond acceptors (Lipinski definition) is 5. The monoisotopic (exact) mass is 289 g/mol. The van der Waals surface area contributed by atoms with Crippen molar-refractivity contribution in [3.63, 3.8) is 0 Å². The average molecular weight is 289 g/mol. The predicted molar refractivity (Wildman–Crippen MR) is 69.4 cm³/mol. The average Bonchev–Trinajstić information content (AvgIpc) is 2.77. The van der Waals surface area contributed by atoms with Gasteiger partial charge in [-0.2, -0.15) is 0 Å². The lowest BCUT2D eigenvalue weighted by atomic mass is 9.75. The summed E-state index contributed by atoms with van der Waals surface area (Å²) in [6.45, 7) is 0. The summed E-state index contributed by atoms with van der Waals surface area (Å²) in [5, 5.41) is 36.6. The molecule has 2 aliphatic carbocycles. The van der Waals surface area contributed by atoms with Crippen molar-refractivity contribution in [2.24, 2.45) is 23.5 Å². The molecule has 0 amide bonds. The van der Waals surface area contributed by atoms with E-state index in [4.69, 9.17) is 15.8 Å². The van der Waals surface area contributed by atoms with Gasteiger partial charge in [0, 0.05) is 0 Å². The van der Waals surface area contributed by atoms with Crippen LogP contribution in [0.4, 0.5) is 4.39 Å². The van der Waals surface area contributed by atoms with Gasteiger partial charge in [-0.05, 0) is 43.3 Å². The van der Waals surface area contributed by atoms with Crippen LogP contribution in [0.1, 0.15) is 25.7 Å². The lowest BCUT2D eigenvalue weighted by Gasteiger charge is -2.30. The first-order valence-electron chi connectivity index (χ1n) is 6.98. The molecule has 0 bridgehead atoms. The molecule has 2 fully saturated rings. The lowest BCUT2D eigenvalue weighted by molar-refractivity contribution is -0.145. The second kappa shape index (κ2) is 5.59. The van der Waals surface area contributed by atoms with Crippen molar-refractivity contribution >= 4 is 13.1 Å². The summed E-state index contributed by atoms with van der Waals surface area (Å²) < 4.78 is 13.9. The number of aliphatic hydroxyl groups excluding tert-OH is 1. The molecule has 0 radical (unpaired) electrons. The van der Waals surface area contributed by atoms with Crippen LogP contribution >= 0.6 is 0 Å². The fraction of sp³-hybridized carbons (Fsp3) is 0.917. The first kappa shape index (κ1) is 15.7. The van der Waals surface area contributed by atoms with E-state index in [2.05, 4.69) is 0 Å². The molecule has 0 spiro atoms. The first-order valence-corrected chi connectivity index (χ1v) is 6.98. The molecule has 6 N–H and O–H groups in total. The number of halogens is 1. The molecule has 2 saturated carbocycles. The molecule has 6 nitrogen and oxygen atoms in total. The maximum Gasteiger partial charge on any atom is 0.451 e. The first-order chi connectivity index (χ1) is 9.27. The smallest absolute Gasteiger partial charge is 0.451 e. The quantitative estimate of drug-likeness (QED) is 0.430. The topological polar surface area (TPSA) is 124 Å². The number of carboxylic acid groups (broad SMARTS) is 1. The highest BCUT2D eigenvalue weighted by Gasteiger charge is 2.61. The zero-order valence-electron chi connectivity index (χ0n) is 11.2. The van der Waals surface area contributed by atoms with E-state index in [-0.39, 0.29) is 25.1 Å². The van der Waals surface area contributed by atoms with E-state index in [0.717, 1.165) is 0 Å². The van der Waals surface area contributed by atoms with Gasteiger partial charge in [-0.3, -0.25) is 4.79 Å². The Morgan fingerprint density at radius 1 is 1.40 bits per heavy atom. The van der Waals surface area contributed by atoms with E-state index in [1.54, 1.807) is 0 Å². The molecule has 0 heterocycles. The Hall–Kier alpha value is -0.695. The van der Waals surface area contributed by atoms with Crippen LogP contribution in [0, 0.1) is 17.8 Å². The second-order valence-electron chi connectivity index (χ2n) is 6.14. The molecule has 20 heavy (non-hydrogen) atoms. The highest BCUT2D eigenvalue weighted by molar-refractivity contribution is 6.40. The molecule has 8 heteroatoms. The van der Waals surface area contributed by atoms with Crippen LogP contribution in [0.5, 0.6) is 0 Å². The van der Waals surface area contributed by atoms with E-state index < -0.39 is 42.7 Å². The number of nitrogens with two attached hydrogens (primary N) is 1. The number of fused-ring (bicyclic) bond motifs is 1. The van der Waals surface area contributed by atoms with E-state index in [1.807, 2.05) is 0 Å². The van der Waals surface area contributed by atoms with Crippen molar-refractivity contribution < 1.29 is 29.4 Å². The fourth-order valence-corrected chi connectivity index (χ4v) is 3.99. The van der Waals surface area contributed by atoms with Gasteiger partial charge in [0.1, 0.15) is 11.7 Å². The Morgan fingerprint density at radius 3 is 2.60 bits per heavy atom. The summed E-state index contributed by atoms with van der Waals surface area (Å²) in [6, 6.07) is 0. The van der Waals surface area contributed by atoms with Gasteiger partial charge < -0.3 is 26.0 Å². The molecule has 114 valence electrons. The van der Waals surface area contributed by atoms with Gasteiger partial charge in [-0.15, -0.1) is 0 Å². The number of alkyl halides is 1. The van der Waals surface area contributed by atoms with Crippen LogP contribution in [0.25, 0.3) is 0 Å². The molecule has 2 aliphatic rings. The van der Waals surface area contributed by atoms with E-state index in [0.29, 0.717) is 12.8 Å². The Labute approximate surface area is 116 Å². The Bertz CT molecular complexity index is 385. The minimum atomic E-state index is -1.49. The molecule has 6 atom stereocenters. The molecule has 2 rings (SSSR count). The van der Waals surface area contributed by atoms with E-state index in [1.165, 1.54) is 0 Å². The fourth-order valence-electron chi connectivity index (χ4n) is 3.99. The molecule has 0 aromatic rings. The van der Waals surface area contributed by atoms with Crippen molar-refractivity contribution in [3.8, 4) is 0 Å². The maximum atomic E-state index is 13.9. The highest BCUT2D eigenvalue weighted by Crippen LogP contribution is 2.54. The van der Waals surface area contributed by atoms with Gasteiger partial charge in [0.15, 0.2) is 0 Å². The molecule has 0 aliphatic heterocycles. The SMILES string of the molecule is NC1(C(=O)O)C[C@H]2[C@H](F)[C@@H](O)C[C@H]2[C@@H]1CCCB(O)O. The van der Waals surface area contributed by atoms with Gasteiger partial charge in [-0.1, -0.05) is 6.42 Å². The highest BCUT2D eigenvalue weighted by atomic mass is 19.1. The predicted octanol–water partition coefficient (Wildman–Crippen LogP) is -0.624. The Kier molecular flexibility index (Phi) is 4.39. The van der Waals surface area contributed by atoms with Crippen molar-refractivity contribution in [1.82, 2.24) is 0 Å². The Morgan fingerprint density at radius 2 is 2.05 bits per heavy atom. The van der Waals surface area contributed by atoms with Gasteiger partial charge >= 0.3 is 13.1 Å². The van der Waals surface area contributed by atoms with Crippen LogP contribution in [-0.2, 0) is 4.79 Å². The van der Waals surface area contributed by atoms with Crippen molar-refractivity contribution in [1.29, 1.82) is 0 Å². The van der Waals surface area contributed by atoms with Crippen LogP contribution in [0.3, 0.4) is 0 Å². The molecule has 0 aromatic carbocycles. The van der Waals surface area contributed by atoms with Crippen LogP contribution in [0.15, 0.2) is 0 Å². The van der Waals surface area contributed by atoms with Gasteiger partial charge in [0.2, 0.25) is 0 Å². The standard InChI is InChI=1S/C12H21BFNO5/c14-10-7-5-12(15,11(17)18)8(2-1-3-13(19)20)6(7)4-9(10)16/h6-10,16,19-20H,1-5,15H2,(H,17,18)/t6-,7-,8+,9+,10+,12?/m1/s1. The number of carboxylic acids is 1. The van der Waals surface area contributed by atoms with E-state index in [9.17, 15) is 19.4 Å². The number of rotatable bonds is 5. The molecular formula is C12H21BFNO5. The molecular weight excluding hydrogens is 268 g/mol. The normalized spacial score (nSPS) is 43.5. The minimum absolute atomic E-state index is 0.0254. The van der Waals surface area contributed by atoms with Crippen LogP contribution in [0.2, 0.25) is 6.32 Å². The van der Waals surface area contributed by atoms with Crippen molar-refractivity contribution in [2.45, 2.75) is 49.8 Å². The summed E-state index contributed by atoms with van der Waals surface area (Å²) in [7, 11) is -1.44. The zero-order chi connectivity index (χ0) is 15.1. The van der Waals surface area contributed by atoms with Gasteiger partial charge in [-0.25, -0.2) is 4.39 Å². The summed E-state index contributed by atoms with van der Waals surface area (Å²) in [5.41, 5.74) is 4.50. The zero-order valence-corrected chi connectivity index (χ0v) is 11.2. The number of aliphatic carboxylic acids is 1. The number of hydrogen-bond donors (Lipinski definition) is 5. The molecule has 1 unspecified atom stereocenters. The molecule has 0 saturated heterocycles. The maximum absolute atomic E-state index is 13.9. The molecule has 0 aromatic heterocycles. The summed E-state index contributed by atoms with van der Waals surface area (Å²) in [5.74, 6) is -2.37. The third kappa shape index (κ3) is 2.57. The van der Waals surface area contributed by atoms with Gasteiger partial charge in [0.05, 0.1) is 6.10 Å². The summed E-state index contributed by atoms with van der Waals surface area (Å²) in [4.78, 5) is 11.4. The van der Waals surface area contributed by atoms with Gasteiger partial charge in [0.25, 0.3) is 0 Å². The number of carbonyl (C=O) groups is 1. The third-order valence-corrected chi connectivity index (χ3v) is 4.97. The summed E-state index contributed by atoms with van der Waals surface area (Å²) in [6.07, 6.45) is -1.29. The Balaban J connectivity index is 2.12. The largest absolute Gasteiger partial charge is 0.480 e. The number of aliphatic hydroxyl groups is 1. The van der Waals surface area contributed by atoms with Crippen LogP contribution in [-0.4, -0.2) is 51.2 Å². The summed E-state index contributed by atoms with van der Waals surface area (Å²) >= 11 is 0.